The monoisotopic (exact) mass is 445 g/mol. The van der Waals surface area contributed by atoms with Gasteiger partial charge in [0, 0.05) is 12.2 Å². The minimum Gasteiger partial charge on any atom is -0.493 e. The highest BCUT2D eigenvalue weighted by molar-refractivity contribution is 8.27. The number of fused-ring (bicyclic) bond motifs is 1. The molecule has 0 spiro atoms. The molecule has 5 rings (SSSR count). The minimum absolute atomic E-state index is 0.205. The van der Waals surface area contributed by atoms with E-state index in [1.807, 2.05) is 38.3 Å². The summed E-state index contributed by atoms with van der Waals surface area (Å²) in [4.78, 5) is 20.7. The van der Waals surface area contributed by atoms with Gasteiger partial charge in [-0.25, -0.2) is 17.9 Å². The van der Waals surface area contributed by atoms with E-state index in [2.05, 4.69) is 9.71 Å². The topological polar surface area (TPSA) is 103 Å². The number of aromatic amines is 1. The van der Waals surface area contributed by atoms with Crippen LogP contribution < -0.4 is 15.0 Å². The molecular weight excluding hydrogens is 418 g/mol. The quantitative estimate of drug-likeness (QED) is 0.590. The van der Waals surface area contributed by atoms with Crippen molar-refractivity contribution in [2.45, 2.75) is 45.4 Å². The molecule has 166 valence electrons. The number of aromatic nitrogens is 4. The highest BCUT2D eigenvalue weighted by atomic mass is 32.3. The van der Waals surface area contributed by atoms with Crippen LogP contribution in [-0.4, -0.2) is 39.2 Å². The smallest absolute Gasteiger partial charge is 0.277 e. The molecule has 0 unspecified atom stereocenters. The highest BCUT2D eigenvalue weighted by Crippen LogP contribution is 2.53. The van der Waals surface area contributed by atoms with Crippen LogP contribution in [0.25, 0.3) is 16.9 Å². The number of H-pyrrole nitrogens is 1. The summed E-state index contributed by atoms with van der Waals surface area (Å²) >= 11 is 0. The van der Waals surface area contributed by atoms with Crippen LogP contribution in [0.2, 0.25) is 0 Å². The normalized spacial score (nSPS) is 19.3. The standard InChI is InChI=1S/C21H27N5O4S/c1-4-28-17-10-9-15(25-31(3)29-12-30-31)11-16(17)19-23-21(27)18-13(2)22-20(26(18)24-19)14-7-5-6-8-14/h9-11,14,25H,4-8,12H2,1-3H3,(H,23,24,27). The van der Waals surface area contributed by atoms with Gasteiger partial charge in [-0.3, -0.25) is 9.52 Å². The first-order valence-electron chi connectivity index (χ1n) is 10.6. The summed E-state index contributed by atoms with van der Waals surface area (Å²) in [7, 11) is -1.77. The first-order valence-corrected chi connectivity index (χ1v) is 12.5. The molecule has 0 bridgehead atoms. The van der Waals surface area contributed by atoms with Crippen molar-refractivity contribution in [3.05, 3.63) is 40.1 Å². The fourth-order valence-electron chi connectivity index (χ4n) is 4.29. The van der Waals surface area contributed by atoms with E-state index in [0.29, 0.717) is 40.9 Å². The molecular formula is C21H27N5O4S. The van der Waals surface area contributed by atoms with Gasteiger partial charge >= 0.3 is 0 Å². The third-order valence-corrected chi connectivity index (χ3v) is 7.50. The Bertz CT molecular complexity index is 1180. The maximum absolute atomic E-state index is 13.0. The van der Waals surface area contributed by atoms with E-state index in [-0.39, 0.29) is 12.4 Å². The fourth-order valence-corrected chi connectivity index (χ4v) is 5.35. The number of ether oxygens (including phenoxy) is 1. The number of aryl methyl sites for hydroxylation is 1. The number of hydrogen-bond donors (Lipinski definition) is 2. The second-order valence-corrected chi connectivity index (χ2v) is 10.2. The van der Waals surface area contributed by atoms with Crippen LogP contribution in [0, 0.1) is 6.92 Å². The third-order valence-electron chi connectivity index (χ3n) is 5.80. The Hall–Kier alpha value is -2.56. The lowest BCUT2D eigenvalue weighted by molar-refractivity contribution is 0.0517. The molecule has 1 aliphatic heterocycles. The molecule has 10 heteroatoms. The molecule has 31 heavy (non-hydrogen) atoms. The first kappa shape index (κ1) is 20.3. The second-order valence-electron chi connectivity index (χ2n) is 7.97. The van der Waals surface area contributed by atoms with Gasteiger partial charge < -0.3 is 9.72 Å². The lowest BCUT2D eigenvalue weighted by atomic mass is 10.1. The molecule has 1 saturated carbocycles. The van der Waals surface area contributed by atoms with E-state index in [1.54, 1.807) is 4.52 Å². The van der Waals surface area contributed by atoms with Gasteiger partial charge in [0.1, 0.15) is 11.6 Å². The van der Waals surface area contributed by atoms with E-state index >= 15 is 0 Å². The SMILES string of the molecule is CCOc1ccc(NS2(C)OCO2)cc1-c1nn2c(C3CCCC3)nc(C)c2c(=O)[nH]1. The van der Waals surface area contributed by atoms with Gasteiger partial charge in [-0.05, 0) is 44.9 Å². The molecule has 1 aromatic carbocycles. The van der Waals surface area contributed by atoms with Crippen molar-refractivity contribution in [3.63, 3.8) is 0 Å². The number of anilines is 1. The van der Waals surface area contributed by atoms with Crippen molar-refractivity contribution < 1.29 is 13.1 Å². The molecule has 2 aromatic heterocycles. The fraction of sp³-hybridized carbons (Fsp3) is 0.476. The average molecular weight is 446 g/mol. The van der Waals surface area contributed by atoms with Crippen molar-refractivity contribution in [1.82, 2.24) is 19.6 Å². The van der Waals surface area contributed by atoms with E-state index in [4.69, 9.17) is 23.2 Å². The molecule has 2 fully saturated rings. The zero-order valence-electron chi connectivity index (χ0n) is 17.9. The number of hydrogen-bond acceptors (Lipinski definition) is 7. The molecule has 1 saturated heterocycles. The number of nitrogens with one attached hydrogen (secondary N) is 2. The lowest BCUT2D eigenvalue weighted by Crippen LogP contribution is -2.26. The van der Waals surface area contributed by atoms with E-state index < -0.39 is 10.8 Å². The van der Waals surface area contributed by atoms with Crippen LogP contribution in [0.4, 0.5) is 5.69 Å². The number of imidazole rings is 1. The summed E-state index contributed by atoms with van der Waals surface area (Å²) in [5, 5.41) is 4.82. The maximum atomic E-state index is 13.0. The zero-order valence-corrected chi connectivity index (χ0v) is 18.8. The Labute approximate surface area is 182 Å². The van der Waals surface area contributed by atoms with Gasteiger partial charge in [-0.1, -0.05) is 12.8 Å². The van der Waals surface area contributed by atoms with E-state index in [1.165, 1.54) is 12.8 Å². The van der Waals surface area contributed by atoms with Crippen molar-refractivity contribution in [2.75, 3.05) is 24.4 Å². The van der Waals surface area contributed by atoms with Gasteiger partial charge in [-0.15, -0.1) is 15.9 Å². The molecule has 1 aliphatic carbocycles. The zero-order chi connectivity index (χ0) is 21.6. The van der Waals surface area contributed by atoms with Gasteiger partial charge in [0.2, 0.25) is 0 Å². The average Bonchev–Trinajstić information content (AvgIpc) is 3.36. The number of benzene rings is 1. The summed E-state index contributed by atoms with van der Waals surface area (Å²) in [6.07, 6.45) is 6.41. The van der Waals surface area contributed by atoms with Crippen molar-refractivity contribution in [3.8, 4) is 17.1 Å². The summed E-state index contributed by atoms with van der Waals surface area (Å²) in [5.41, 5.74) is 2.50. The van der Waals surface area contributed by atoms with Crippen LogP contribution in [-0.2, 0) is 8.37 Å². The van der Waals surface area contributed by atoms with Crippen LogP contribution in [0.15, 0.2) is 23.0 Å². The third kappa shape index (κ3) is 3.68. The minimum atomic E-state index is -1.77. The Balaban J connectivity index is 1.63. The Morgan fingerprint density at radius 2 is 2.10 bits per heavy atom. The van der Waals surface area contributed by atoms with Gasteiger partial charge in [0.25, 0.3) is 5.56 Å². The van der Waals surface area contributed by atoms with Crippen LogP contribution in [0.1, 0.15) is 50.0 Å². The van der Waals surface area contributed by atoms with Gasteiger partial charge in [0.15, 0.2) is 18.1 Å². The molecule has 0 atom stereocenters. The maximum Gasteiger partial charge on any atom is 0.277 e. The predicted octanol–water partition coefficient (Wildman–Crippen LogP) is 4.04. The van der Waals surface area contributed by atoms with Gasteiger partial charge in [0.05, 0.1) is 23.6 Å². The Morgan fingerprint density at radius 1 is 1.32 bits per heavy atom. The van der Waals surface area contributed by atoms with Crippen molar-refractivity contribution >= 4 is 22.0 Å². The molecule has 2 N–H and O–H groups in total. The summed E-state index contributed by atoms with van der Waals surface area (Å²) in [6, 6.07) is 5.67. The van der Waals surface area contributed by atoms with Crippen LogP contribution in [0.5, 0.6) is 5.75 Å². The molecule has 0 amide bonds. The van der Waals surface area contributed by atoms with Crippen molar-refractivity contribution in [1.29, 1.82) is 0 Å². The van der Waals surface area contributed by atoms with Crippen LogP contribution >= 0.6 is 10.8 Å². The van der Waals surface area contributed by atoms with Crippen LogP contribution in [0.3, 0.4) is 0 Å². The number of nitrogens with zero attached hydrogens (tertiary/aromatic N) is 3. The summed E-state index contributed by atoms with van der Waals surface area (Å²) < 4.78 is 21.9. The predicted molar refractivity (Wildman–Crippen MR) is 120 cm³/mol. The highest BCUT2D eigenvalue weighted by Gasteiger charge is 2.27. The lowest BCUT2D eigenvalue weighted by Gasteiger charge is -2.47. The van der Waals surface area contributed by atoms with E-state index in [0.717, 1.165) is 24.4 Å². The second kappa shape index (κ2) is 7.85. The summed E-state index contributed by atoms with van der Waals surface area (Å²) in [6.45, 7) is 4.58. The van der Waals surface area contributed by atoms with Gasteiger partial charge in [-0.2, -0.15) is 0 Å². The molecule has 3 aromatic rings. The largest absolute Gasteiger partial charge is 0.493 e. The number of rotatable bonds is 6. The molecule has 9 nitrogen and oxygen atoms in total. The Morgan fingerprint density at radius 3 is 2.77 bits per heavy atom. The molecule has 2 aliphatic rings. The summed E-state index contributed by atoms with van der Waals surface area (Å²) in [5.74, 6) is 2.29. The molecule has 3 heterocycles. The first-order chi connectivity index (χ1) is 15.0. The van der Waals surface area contributed by atoms with Crippen molar-refractivity contribution in [2.24, 2.45) is 0 Å². The molecule has 0 radical (unpaired) electrons. The van der Waals surface area contributed by atoms with E-state index in [9.17, 15) is 4.79 Å². The Kier molecular flexibility index (Phi) is 5.15.